The molecule has 0 saturated carbocycles. The lowest BCUT2D eigenvalue weighted by molar-refractivity contribution is 0.483. The molecule has 0 aliphatic rings. The Morgan fingerprint density at radius 1 is 0.920 bits per heavy atom. The Morgan fingerprint density at radius 2 is 1.68 bits per heavy atom. The third kappa shape index (κ3) is 3.76. The van der Waals surface area contributed by atoms with Gasteiger partial charge in [0.1, 0.15) is 17.2 Å². The van der Waals surface area contributed by atoms with Gasteiger partial charge >= 0.3 is 0 Å². The molecule has 0 aliphatic heterocycles. The Morgan fingerprint density at radius 3 is 2.40 bits per heavy atom. The lowest BCUT2D eigenvalue weighted by atomic mass is 10.3. The van der Waals surface area contributed by atoms with Crippen LogP contribution in [0.5, 0.6) is 11.5 Å². The van der Waals surface area contributed by atoms with Crippen LogP contribution in [0, 0.1) is 0 Å². The average molecular weight is 367 g/mol. The fourth-order valence-electron chi connectivity index (χ4n) is 2.12. The SMILES string of the molecule is Nc1nc(-c2nnc(Nc3ccc(Oc4ccccc4)cc3)s2)cs1. The quantitative estimate of drug-likeness (QED) is 0.528. The van der Waals surface area contributed by atoms with E-state index in [-0.39, 0.29) is 0 Å². The van der Waals surface area contributed by atoms with Gasteiger partial charge in [0.15, 0.2) is 10.1 Å². The smallest absolute Gasteiger partial charge is 0.210 e. The molecule has 8 heteroatoms. The van der Waals surface area contributed by atoms with E-state index in [2.05, 4.69) is 20.5 Å². The highest BCUT2D eigenvalue weighted by atomic mass is 32.1. The van der Waals surface area contributed by atoms with Gasteiger partial charge in [-0.1, -0.05) is 29.5 Å². The largest absolute Gasteiger partial charge is 0.457 e. The third-order valence-electron chi connectivity index (χ3n) is 3.25. The van der Waals surface area contributed by atoms with Crippen LogP contribution >= 0.6 is 22.7 Å². The van der Waals surface area contributed by atoms with Gasteiger partial charge in [0.25, 0.3) is 0 Å². The Bertz CT molecular complexity index is 966. The fourth-order valence-corrected chi connectivity index (χ4v) is 3.46. The van der Waals surface area contributed by atoms with Gasteiger partial charge in [0.2, 0.25) is 5.13 Å². The van der Waals surface area contributed by atoms with Crippen LogP contribution in [-0.2, 0) is 0 Å². The fraction of sp³-hybridized carbons (Fsp3) is 0. The zero-order chi connectivity index (χ0) is 17.1. The van der Waals surface area contributed by atoms with E-state index in [1.807, 2.05) is 60.0 Å². The van der Waals surface area contributed by atoms with E-state index >= 15 is 0 Å². The van der Waals surface area contributed by atoms with E-state index in [1.165, 1.54) is 22.7 Å². The predicted octanol–water partition coefficient (Wildman–Crippen LogP) is 4.78. The molecule has 4 aromatic rings. The van der Waals surface area contributed by atoms with Crippen molar-refractivity contribution in [2.45, 2.75) is 0 Å². The third-order valence-corrected chi connectivity index (χ3v) is 4.79. The normalized spacial score (nSPS) is 10.6. The molecule has 3 N–H and O–H groups in total. The first-order chi connectivity index (χ1) is 12.3. The maximum Gasteiger partial charge on any atom is 0.210 e. The minimum absolute atomic E-state index is 0.522. The minimum Gasteiger partial charge on any atom is -0.457 e. The van der Waals surface area contributed by atoms with Crippen LogP contribution in [0.1, 0.15) is 0 Å². The highest BCUT2D eigenvalue weighted by molar-refractivity contribution is 7.19. The molecule has 0 atom stereocenters. The van der Waals surface area contributed by atoms with Gasteiger partial charge in [-0.3, -0.25) is 0 Å². The monoisotopic (exact) mass is 367 g/mol. The van der Waals surface area contributed by atoms with Crippen molar-refractivity contribution in [1.82, 2.24) is 15.2 Å². The van der Waals surface area contributed by atoms with Gasteiger partial charge in [-0.15, -0.1) is 21.5 Å². The summed E-state index contributed by atoms with van der Waals surface area (Å²) in [5.41, 5.74) is 7.31. The van der Waals surface area contributed by atoms with Crippen molar-refractivity contribution >= 4 is 38.6 Å². The number of ether oxygens (including phenoxy) is 1. The molecule has 0 radical (unpaired) electrons. The van der Waals surface area contributed by atoms with Crippen LogP contribution in [0.3, 0.4) is 0 Å². The Labute approximate surface area is 152 Å². The molecule has 124 valence electrons. The first-order valence-electron chi connectivity index (χ1n) is 7.41. The molecule has 2 heterocycles. The summed E-state index contributed by atoms with van der Waals surface area (Å²) in [6.45, 7) is 0. The van der Waals surface area contributed by atoms with Crippen molar-refractivity contribution in [3.8, 4) is 22.2 Å². The number of nitrogens with one attached hydrogen (secondary N) is 1. The second-order valence-corrected chi connectivity index (χ2v) is 6.92. The second-order valence-electron chi connectivity index (χ2n) is 5.05. The number of rotatable bonds is 5. The van der Waals surface area contributed by atoms with E-state index in [9.17, 15) is 0 Å². The maximum absolute atomic E-state index is 5.78. The summed E-state index contributed by atoms with van der Waals surface area (Å²) in [6.07, 6.45) is 0. The van der Waals surface area contributed by atoms with Gasteiger partial charge in [0, 0.05) is 11.1 Å². The average Bonchev–Trinajstić information content (AvgIpc) is 3.27. The van der Waals surface area contributed by atoms with Crippen molar-refractivity contribution < 1.29 is 4.74 Å². The van der Waals surface area contributed by atoms with Crippen LogP contribution in [0.15, 0.2) is 60.0 Å². The van der Waals surface area contributed by atoms with Crippen molar-refractivity contribution in [2.24, 2.45) is 0 Å². The van der Waals surface area contributed by atoms with Crippen molar-refractivity contribution in [1.29, 1.82) is 0 Å². The van der Waals surface area contributed by atoms with Crippen molar-refractivity contribution in [3.05, 3.63) is 60.0 Å². The molecule has 0 aliphatic carbocycles. The van der Waals surface area contributed by atoms with Crippen LogP contribution in [-0.4, -0.2) is 15.2 Å². The van der Waals surface area contributed by atoms with Crippen molar-refractivity contribution in [3.63, 3.8) is 0 Å². The van der Waals surface area contributed by atoms with E-state index in [0.717, 1.165) is 27.9 Å². The van der Waals surface area contributed by atoms with Crippen LogP contribution < -0.4 is 15.8 Å². The van der Waals surface area contributed by atoms with Crippen LogP contribution in [0.25, 0.3) is 10.7 Å². The molecule has 25 heavy (non-hydrogen) atoms. The highest BCUT2D eigenvalue weighted by Gasteiger charge is 2.10. The number of hydrogen-bond acceptors (Lipinski definition) is 8. The molecule has 6 nitrogen and oxygen atoms in total. The first-order valence-corrected chi connectivity index (χ1v) is 9.11. The first kappa shape index (κ1) is 15.6. The summed E-state index contributed by atoms with van der Waals surface area (Å²) >= 11 is 2.81. The minimum atomic E-state index is 0.522. The van der Waals surface area contributed by atoms with Gasteiger partial charge in [-0.25, -0.2) is 4.98 Å². The molecule has 0 saturated heterocycles. The number of nitrogen functional groups attached to an aromatic ring is 1. The lowest BCUT2D eigenvalue weighted by Crippen LogP contribution is -1.90. The number of nitrogens with two attached hydrogens (primary N) is 1. The maximum atomic E-state index is 5.78. The highest BCUT2D eigenvalue weighted by Crippen LogP contribution is 2.30. The van der Waals surface area contributed by atoms with Crippen molar-refractivity contribution in [2.75, 3.05) is 11.1 Å². The number of para-hydroxylation sites is 1. The molecule has 0 amide bonds. The van der Waals surface area contributed by atoms with Crippen LogP contribution in [0.4, 0.5) is 16.0 Å². The number of benzene rings is 2. The number of thiazole rings is 1. The zero-order valence-electron chi connectivity index (χ0n) is 12.9. The van der Waals surface area contributed by atoms with E-state index in [0.29, 0.717) is 10.3 Å². The zero-order valence-corrected chi connectivity index (χ0v) is 14.6. The summed E-state index contributed by atoms with van der Waals surface area (Å²) in [4.78, 5) is 4.21. The van der Waals surface area contributed by atoms with Gasteiger partial charge < -0.3 is 15.8 Å². The van der Waals surface area contributed by atoms with Gasteiger partial charge in [0.05, 0.1) is 0 Å². The molecule has 4 rings (SSSR count). The Hall–Kier alpha value is -2.97. The second kappa shape index (κ2) is 6.88. The van der Waals surface area contributed by atoms with Crippen LogP contribution in [0.2, 0.25) is 0 Å². The standard InChI is InChI=1S/C17H13N5OS2/c18-16-20-14(10-24-16)15-21-22-17(25-15)19-11-6-8-13(9-7-11)23-12-4-2-1-3-5-12/h1-10H,(H2,18,20)(H,19,22). The Balaban J connectivity index is 1.44. The van der Waals surface area contributed by atoms with E-state index in [1.54, 1.807) is 0 Å². The molecule has 0 unspecified atom stereocenters. The number of nitrogens with zero attached hydrogens (tertiary/aromatic N) is 3. The summed E-state index contributed by atoms with van der Waals surface area (Å²) in [5, 5.41) is 15.3. The summed E-state index contributed by atoms with van der Waals surface area (Å²) in [7, 11) is 0. The molecular formula is C17H13N5OS2. The topological polar surface area (TPSA) is 86.0 Å². The number of hydrogen-bond donors (Lipinski definition) is 2. The van der Waals surface area contributed by atoms with E-state index in [4.69, 9.17) is 10.5 Å². The summed E-state index contributed by atoms with van der Waals surface area (Å²) in [6, 6.07) is 17.3. The summed E-state index contributed by atoms with van der Waals surface area (Å²) in [5.74, 6) is 1.58. The molecule has 0 fully saturated rings. The predicted molar refractivity (Wildman–Crippen MR) is 102 cm³/mol. The molecular weight excluding hydrogens is 354 g/mol. The Kier molecular flexibility index (Phi) is 4.28. The molecule has 0 bridgehead atoms. The molecule has 0 spiro atoms. The van der Waals surface area contributed by atoms with E-state index < -0.39 is 0 Å². The van der Waals surface area contributed by atoms with Gasteiger partial charge in [-0.05, 0) is 36.4 Å². The van der Waals surface area contributed by atoms with Gasteiger partial charge in [-0.2, -0.15) is 0 Å². The lowest BCUT2D eigenvalue weighted by Gasteiger charge is -2.06. The molecule has 2 aromatic heterocycles. The number of anilines is 3. The summed E-state index contributed by atoms with van der Waals surface area (Å²) < 4.78 is 5.78. The molecule has 2 aromatic carbocycles. The number of aromatic nitrogens is 3.